The highest BCUT2D eigenvalue weighted by Crippen LogP contribution is 2.29. The normalized spacial score (nSPS) is 17.1. The van der Waals surface area contributed by atoms with Gasteiger partial charge in [-0.3, -0.25) is 0 Å². The molecular formula is C11H11NO2. The van der Waals surface area contributed by atoms with E-state index in [1.54, 1.807) is 6.07 Å². The third kappa shape index (κ3) is 0.960. The fourth-order valence-corrected chi connectivity index (χ4v) is 1.87. The Hall–Kier alpha value is -1.48. The SMILES string of the molecule is Oc1cccc2c1ccn2C1COC1. The molecule has 0 aliphatic carbocycles. The van der Waals surface area contributed by atoms with Crippen LogP contribution in [0.4, 0.5) is 0 Å². The van der Waals surface area contributed by atoms with Crippen molar-refractivity contribution >= 4 is 10.9 Å². The van der Waals surface area contributed by atoms with Crippen molar-refractivity contribution in [2.75, 3.05) is 13.2 Å². The van der Waals surface area contributed by atoms with Gasteiger partial charge >= 0.3 is 0 Å². The van der Waals surface area contributed by atoms with Crippen LogP contribution in [0.2, 0.25) is 0 Å². The molecule has 0 unspecified atom stereocenters. The number of hydrogen-bond acceptors (Lipinski definition) is 2. The molecule has 0 saturated carbocycles. The van der Waals surface area contributed by atoms with Gasteiger partial charge in [-0.15, -0.1) is 0 Å². The predicted octanol–water partition coefficient (Wildman–Crippen LogP) is 1.92. The lowest BCUT2D eigenvalue weighted by Gasteiger charge is -2.28. The average Bonchev–Trinajstić information content (AvgIpc) is 2.48. The summed E-state index contributed by atoms with van der Waals surface area (Å²) in [5.74, 6) is 0.349. The Morgan fingerprint density at radius 3 is 2.86 bits per heavy atom. The molecule has 3 rings (SSSR count). The minimum atomic E-state index is 0.349. The minimum absolute atomic E-state index is 0.349. The molecule has 14 heavy (non-hydrogen) atoms. The van der Waals surface area contributed by atoms with Gasteiger partial charge in [-0.2, -0.15) is 0 Å². The molecular weight excluding hydrogens is 178 g/mol. The maximum absolute atomic E-state index is 9.61. The Morgan fingerprint density at radius 2 is 2.14 bits per heavy atom. The number of fused-ring (bicyclic) bond motifs is 1. The maximum Gasteiger partial charge on any atom is 0.124 e. The van der Waals surface area contributed by atoms with Gasteiger partial charge in [0.25, 0.3) is 0 Å². The molecule has 1 aliphatic heterocycles. The standard InChI is InChI=1S/C11H11NO2/c13-11-3-1-2-10-9(11)4-5-12(10)8-6-14-7-8/h1-5,8,13H,6-7H2. The van der Waals surface area contributed by atoms with E-state index < -0.39 is 0 Å². The molecule has 72 valence electrons. The van der Waals surface area contributed by atoms with Crippen LogP contribution in [0.1, 0.15) is 6.04 Å². The first kappa shape index (κ1) is 7.88. The predicted molar refractivity (Wildman–Crippen MR) is 53.5 cm³/mol. The number of phenolic OH excluding ortho intramolecular Hbond substituents is 1. The van der Waals surface area contributed by atoms with Crippen LogP contribution in [0.5, 0.6) is 5.75 Å². The molecule has 0 spiro atoms. The largest absolute Gasteiger partial charge is 0.507 e. The zero-order valence-electron chi connectivity index (χ0n) is 7.68. The van der Waals surface area contributed by atoms with E-state index in [4.69, 9.17) is 4.74 Å². The van der Waals surface area contributed by atoms with Crippen molar-refractivity contribution in [2.45, 2.75) is 6.04 Å². The van der Waals surface area contributed by atoms with Gasteiger partial charge in [0.15, 0.2) is 0 Å². The molecule has 0 atom stereocenters. The molecule has 1 saturated heterocycles. The van der Waals surface area contributed by atoms with Gasteiger partial charge < -0.3 is 14.4 Å². The molecule has 1 aromatic carbocycles. The van der Waals surface area contributed by atoms with Crippen LogP contribution in [0, 0.1) is 0 Å². The summed E-state index contributed by atoms with van der Waals surface area (Å²) in [7, 11) is 0. The summed E-state index contributed by atoms with van der Waals surface area (Å²) in [5.41, 5.74) is 1.08. The molecule has 3 nitrogen and oxygen atoms in total. The van der Waals surface area contributed by atoms with Gasteiger partial charge in [0.2, 0.25) is 0 Å². The molecule has 2 heterocycles. The Balaban J connectivity index is 2.20. The van der Waals surface area contributed by atoms with Crippen molar-refractivity contribution < 1.29 is 9.84 Å². The van der Waals surface area contributed by atoms with Crippen LogP contribution >= 0.6 is 0 Å². The van der Waals surface area contributed by atoms with Crippen molar-refractivity contribution in [1.29, 1.82) is 0 Å². The van der Waals surface area contributed by atoms with Gasteiger partial charge in [-0.1, -0.05) is 6.07 Å². The number of phenols is 1. The topological polar surface area (TPSA) is 34.4 Å². The zero-order valence-corrected chi connectivity index (χ0v) is 7.68. The van der Waals surface area contributed by atoms with Crippen molar-refractivity contribution in [3.63, 3.8) is 0 Å². The quantitative estimate of drug-likeness (QED) is 0.743. The molecule has 1 N–H and O–H groups in total. The average molecular weight is 189 g/mol. The third-order valence-electron chi connectivity index (χ3n) is 2.75. The van der Waals surface area contributed by atoms with Gasteiger partial charge in [-0.25, -0.2) is 0 Å². The molecule has 0 amide bonds. The third-order valence-corrected chi connectivity index (χ3v) is 2.75. The monoisotopic (exact) mass is 189 g/mol. The Morgan fingerprint density at radius 1 is 1.29 bits per heavy atom. The summed E-state index contributed by atoms with van der Waals surface area (Å²) in [5, 5.41) is 10.5. The lowest BCUT2D eigenvalue weighted by Crippen LogP contribution is -2.29. The molecule has 0 bridgehead atoms. The van der Waals surface area contributed by atoms with Crippen molar-refractivity contribution in [3.05, 3.63) is 30.5 Å². The number of rotatable bonds is 1. The highest BCUT2D eigenvalue weighted by Gasteiger charge is 2.21. The first-order valence-electron chi connectivity index (χ1n) is 4.72. The number of aromatic nitrogens is 1. The zero-order chi connectivity index (χ0) is 9.54. The lowest BCUT2D eigenvalue weighted by molar-refractivity contribution is -0.0213. The molecule has 3 heteroatoms. The number of benzene rings is 1. The Bertz CT molecular complexity index is 471. The van der Waals surface area contributed by atoms with Crippen molar-refractivity contribution in [2.24, 2.45) is 0 Å². The number of nitrogens with zero attached hydrogens (tertiary/aromatic N) is 1. The smallest absolute Gasteiger partial charge is 0.124 e. The van der Waals surface area contributed by atoms with E-state index in [0.717, 1.165) is 24.1 Å². The Labute approximate surface area is 81.5 Å². The van der Waals surface area contributed by atoms with Crippen LogP contribution in [0.25, 0.3) is 10.9 Å². The Kier molecular flexibility index (Phi) is 1.55. The minimum Gasteiger partial charge on any atom is -0.507 e. The highest BCUT2D eigenvalue weighted by atomic mass is 16.5. The van der Waals surface area contributed by atoms with E-state index >= 15 is 0 Å². The summed E-state index contributed by atoms with van der Waals surface area (Å²) in [6.45, 7) is 1.55. The van der Waals surface area contributed by atoms with Crippen LogP contribution in [0.3, 0.4) is 0 Å². The van der Waals surface area contributed by atoms with E-state index in [-0.39, 0.29) is 0 Å². The van der Waals surface area contributed by atoms with Gasteiger partial charge in [-0.05, 0) is 18.2 Å². The molecule has 1 aliphatic rings. The first-order chi connectivity index (χ1) is 6.86. The summed E-state index contributed by atoms with van der Waals surface area (Å²) in [6, 6.07) is 7.99. The van der Waals surface area contributed by atoms with E-state index in [1.807, 2.05) is 24.4 Å². The van der Waals surface area contributed by atoms with Crippen LogP contribution in [-0.4, -0.2) is 22.9 Å². The molecule has 2 aromatic rings. The lowest BCUT2D eigenvalue weighted by atomic mass is 10.2. The van der Waals surface area contributed by atoms with Crippen molar-refractivity contribution in [3.8, 4) is 5.75 Å². The molecule has 1 fully saturated rings. The first-order valence-corrected chi connectivity index (χ1v) is 4.72. The second-order valence-electron chi connectivity index (χ2n) is 3.62. The van der Waals surface area contributed by atoms with E-state index in [9.17, 15) is 5.11 Å². The second-order valence-corrected chi connectivity index (χ2v) is 3.62. The number of aromatic hydroxyl groups is 1. The summed E-state index contributed by atoms with van der Waals surface area (Å²) in [6.07, 6.45) is 2.01. The van der Waals surface area contributed by atoms with Gasteiger partial charge in [0.1, 0.15) is 5.75 Å². The van der Waals surface area contributed by atoms with Crippen LogP contribution in [0.15, 0.2) is 30.5 Å². The fourth-order valence-electron chi connectivity index (χ4n) is 1.87. The fraction of sp³-hybridized carbons (Fsp3) is 0.273. The second kappa shape index (κ2) is 2.75. The maximum atomic E-state index is 9.61. The summed E-state index contributed by atoms with van der Waals surface area (Å²) < 4.78 is 7.32. The van der Waals surface area contributed by atoms with Gasteiger partial charge in [0, 0.05) is 11.6 Å². The summed E-state index contributed by atoms with van der Waals surface area (Å²) >= 11 is 0. The number of ether oxygens (including phenoxy) is 1. The molecule has 0 radical (unpaired) electrons. The van der Waals surface area contributed by atoms with Crippen LogP contribution < -0.4 is 0 Å². The van der Waals surface area contributed by atoms with Crippen molar-refractivity contribution in [1.82, 2.24) is 4.57 Å². The van der Waals surface area contributed by atoms with E-state index in [2.05, 4.69) is 4.57 Å². The number of hydrogen-bond donors (Lipinski definition) is 1. The van der Waals surface area contributed by atoms with Crippen LogP contribution in [-0.2, 0) is 4.74 Å². The highest BCUT2D eigenvalue weighted by molar-refractivity contribution is 5.86. The van der Waals surface area contributed by atoms with E-state index in [0.29, 0.717) is 11.8 Å². The molecule has 1 aromatic heterocycles. The van der Waals surface area contributed by atoms with Gasteiger partial charge in [0.05, 0.1) is 24.8 Å². The van der Waals surface area contributed by atoms with E-state index in [1.165, 1.54) is 0 Å². The summed E-state index contributed by atoms with van der Waals surface area (Å²) in [4.78, 5) is 0.